The number of carbonyl (C=O) groups is 1. The number of thioether (sulfide) groups is 1. The van der Waals surface area contributed by atoms with Gasteiger partial charge in [0.15, 0.2) is 5.16 Å². The number of H-pyrrole nitrogens is 1. The molecule has 0 radical (unpaired) electrons. The van der Waals surface area contributed by atoms with Crippen molar-refractivity contribution in [1.29, 1.82) is 0 Å². The number of hydrogen-bond acceptors (Lipinski definition) is 3. The van der Waals surface area contributed by atoms with E-state index in [4.69, 9.17) is 0 Å². The second-order valence-corrected chi connectivity index (χ2v) is 6.67. The molecule has 0 saturated heterocycles. The van der Waals surface area contributed by atoms with Gasteiger partial charge in [-0.15, -0.1) is 0 Å². The maximum Gasteiger partial charge on any atom is 0.230 e. The fourth-order valence-corrected chi connectivity index (χ4v) is 3.12. The maximum absolute atomic E-state index is 12.1. The van der Waals surface area contributed by atoms with E-state index in [1.807, 2.05) is 44.2 Å². The van der Waals surface area contributed by atoms with Gasteiger partial charge < -0.3 is 10.3 Å². The van der Waals surface area contributed by atoms with Crippen molar-refractivity contribution in [2.45, 2.75) is 51.2 Å². The predicted octanol–water partition coefficient (Wildman–Crippen LogP) is 4.03. The highest BCUT2D eigenvalue weighted by Crippen LogP contribution is 2.18. The number of nitrogens with one attached hydrogen (secondary N) is 2. The summed E-state index contributed by atoms with van der Waals surface area (Å²) < 4.78 is 0. The number of amides is 1. The summed E-state index contributed by atoms with van der Waals surface area (Å²) in [6.45, 7) is 6.22. The molecule has 2 aromatic rings. The molecule has 4 nitrogen and oxygen atoms in total. The molecule has 1 amide bonds. The highest BCUT2D eigenvalue weighted by molar-refractivity contribution is 7.99. The SMILES string of the molecule is CCCCc1nc(SCC(=O)NC(C)c2ccccc2)[nH]c1C. The zero-order chi connectivity index (χ0) is 16.7. The topological polar surface area (TPSA) is 57.8 Å². The van der Waals surface area contributed by atoms with Gasteiger partial charge in [0.1, 0.15) is 0 Å². The molecule has 2 N–H and O–H groups in total. The summed E-state index contributed by atoms with van der Waals surface area (Å²) in [6.07, 6.45) is 3.30. The van der Waals surface area contributed by atoms with Crippen LogP contribution in [0.2, 0.25) is 0 Å². The van der Waals surface area contributed by atoms with Crippen molar-refractivity contribution in [2.24, 2.45) is 0 Å². The number of unbranched alkanes of at least 4 members (excludes halogenated alkanes) is 1. The van der Waals surface area contributed by atoms with E-state index >= 15 is 0 Å². The average Bonchev–Trinajstić information content (AvgIpc) is 2.92. The Labute approximate surface area is 142 Å². The Balaban J connectivity index is 1.82. The zero-order valence-corrected chi connectivity index (χ0v) is 14.9. The largest absolute Gasteiger partial charge is 0.349 e. The van der Waals surface area contributed by atoms with Crippen LogP contribution in [0.1, 0.15) is 49.7 Å². The summed E-state index contributed by atoms with van der Waals surface area (Å²) >= 11 is 1.46. The van der Waals surface area contributed by atoms with Crippen LogP contribution in [0, 0.1) is 6.92 Å². The second-order valence-electron chi connectivity index (χ2n) is 5.71. The maximum atomic E-state index is 12.1. The average molecular weight is 331 g/mol. The summed E-state index contributed by atoms with van der Waals surface area (Å²) in [5.74, 6) is 0.396. The van der Waals surface area contributed by atoms with Gasteiger partial charge in [-0.2, -0.15) is 0 Å². The number of nitrogens with zero attached hydrogens (tertiary/aromatic N) is 1. The molecule has 0 aliphatic heterocycles. The van der Waals surface area contributed by atoms with Crippen LogP contribution >= 0.6 is 11.8 Å². The summed E-state index contributed by atoms with van der Waals surface area (Å²) in [5, 5.41) is 3.85. The third-order valence-electron chi connectivity index (χ3n) is 3.75. The minimum Gasteiger partial charge on any atom is -0.349 e. The highest BCUT2D eigenvalue weighted by Gasteiger charge is 2.12. The van der Waals surface area contributed by atoms with Gasteiger partial charge >= 0.3 is 0 Å². The lowest BCUT2D eigenvalue weighted by atomic mass is 10.1. The van der Waals surface area contributed by atoms with Crippen LogP contribution in [-0.4, -0.2) is 21.6 Å². The number of aryl methyl sites for hydroxylation is 2. The molecular weight excluding hydrogens is 306 g/mol. The Kier molecular flexibility index (Phi) is 6.71. The minimum absolute atomic E-state index is 0.0164. The Morgan fingerprint density at radius 1 is 1.35 bits per heavy atom. The molecule has 1 atom stereocenters. The van der Waals surface area contributed by atoms with Crippen molar-refractivity contribution in [3.05, 3.63) is 47.3 Å². The van der Waals surface area contributed by atoms with Crippen LogP contribution in [0.25, 0.3) is 0 Å². The van der Waals surface area contributed by atoms with Gasteiger partial charge in [-0.3, -0.25) is 4.79 Å². The Morgan fingerprint density at radius 3 is 2.78 bits per heavy atom. The lowest BCUT2D eigenvalue weighted by molar-refractivity contribution is -0.119. The third-order valence-corrected chi connectivity index (χ3v) is 4.62. The molecule has 0 aliphatic carbocycles. The van der Waals surface area contributed by atoms with Crippen LogP contribution in [0.4, 0.5) is 0 Å². The van der Waals surface area contributed by atoms with Crippen molar-refractivity contribution in [3.63, 3.8) is 0 Å². The molecule has 1 aromatic carbocycles. The quantitative estimate of drug-likeness (QED) is 0.718. The van der Waals surface area contributed by atoms with E-state index in [1.54, 1.807) is 0 Å². The smallest absolute Gasteiger partial charge is 0.230 e. The summed E-state index contributed by atoms with van der Waals surface area (Å²) in [7, 11) is 0. The van der Waals surface area contributed by atoms with Gasteiger partial charge in [0.25, 0.3) is 0 Å². The van der Waals surface area contributed by atoms with E-state index in [2.05, 4.69) is 22.2 Å². The number of aromatic amines is 1. The molecule has 1 unspecified atom stereocenters. The zero-order valence-electron chi connectivity index (χ0n) is 14.1. The highest BCUT2D eigenvalue weighted by atomic mass is 32.2. The summed E-state index contributed by atoms with van der Waals surface area (Å²) in [5.41, 5.74) is 3.34. The van der Waals surface area contributed by atoms with Gasteiger partial charge in [-0.1, -0.05) is 55.4 Å². The molecular formula is C18H25N3OS. The normalized spacial score (nSPS) is 12.1. The molecule has 0 aliphatic rings. The van der Waals surface area contributed by atoms with Crippen LogP contribution in [-0.2, 0) is 11.2 Å². The van der Waals surface area contributed by atoms with E-state index in [0.29, 0.717) is 5.75 Å². The molecule has 0 bridgehead atoms. The molecule has 0 spiro atoms. The van der Waals surface area contributed by atoms with Gasteiger partial charge in [0.05, 0.1) is 17.5 Å². The van der Waals surface area contributed by atoms with E-state index < -0.39 is 0 Å². The predicted molar refractivity (Wildman–Crippen MR) is 95.7 cm³/mol. The van der Waals surface area contributed by atoms with Gasteiger partial charge in [-0.25, -0.2) is 4.98 Å². The van der Waals surface area contributed by atoms with Gasteiger partial charge in [0.2, 0.25) is 5.91 Å². The number of carbonyl (C=O) groups excluding carboxylic acids is 1. The molecule has 0 fully saturated rings. The molecule has 0 saturated carbocycles. The van der Waals surface area contributed by atoms with Crippen LogP contribution in [0.3, 0.4) is 0 Å². The molecule has 1 heterocycles. The van der Waals surface area contributed by atoms with E-state index in [1.165, 1.54) is 11.8 Å². The van der Waals surface area contributed by atoms with E-state index in [9.17, 15) is 4.79 Å². The molecule has 124 valence electrons. The Bertz CT molecular complexity index is 624. The van der Waals surface area contributed by atoms with Crippen molar-refractivity contribution in [3.8, 4) is 0 Å². The lowest BCUT2D eigenvalue weighted by Crippen LogP contribution is -2.28. The van der Waals surface area contributed by atoms with Gasteiger partial charge in [-0.05, 0) is 32.3 Å². The lowest BCUT2D eigenvalue weighted by Gasteiger charge is -2.13. The molecule has 2 rings (SSSR count). The molecule has 23 heavy (non-hydrogen) atoms. The van der Waals surface area contributed by atoms with Crippen molar-refractivity contribution < 1.29 is 4.79 Å². The third kappa shape index (κ3) is 5.43. The monoisotopic (exact) mass is 331 g/mol. The van der Waals surface area contributed by atoms with Crippen molar-refractivity contribution >= 4 is 17.7 Å². The first-order valence-corrected chi connectivity index (χ1v) is 9.11. The number of imidazole rings is 1. The second kappa shape index (κ2) is 8.77. The van der Waals surface area contributed by atoms with E-state index in [-0.39, 0.29) is 11.9 Å². The first-order valence-electron chi connectivity index (χ1n) is 8.12. The van der Waals surface area contributed by atoms with E-state index in [0.717, 1.165) is 41.4 Å². The van der Waals surface area contributed by atoms with Crippen molar-refractivity contribution in [1.82, 2.24) is 15.3 Å². The Hall–Kier alpha value is -1.75. The fourth-order valence-electron chi connectivity index (χ4n) is 2.37. The number of aromatic nitrogens is 2. The Morgan fingerprint density at radius 2 is 2.09 bits per heavy atom. The first kappa shape index (κ1) is 17.6. The number of rotatable bonds is 8. The van der Waals surface area contributed by atoms with Crippen LogP contribution in [0.15, 0.2) is 35.5 Å². The summed E-state index contributed by atoms with van der Waals surface area (Å²) in [4.78, 5) is 19.9. The molecule has 1 aromatic heterocycles. The number of benzene rings is 1. The standard InChI is InChI=1S/C18H25N3OS/c1-4-5-11-16-14(3)20-18(21-16)23-12-17(22)19-13(2)15-9-7-6-8-10-15/h6-10,13H,4-5,11-12H2,1-3H3,(H,19,22)(H,20,21). The van der Waals surface area contributed by atoms with Crippen LogP contribution < -0.4 is 5.32 Å². The van der Waals surface area contributed by atoms with Gasteiger partial charge in [0, 0.05) is 5.69 Å². The summed E-state index contributed by atoms with van der Waals surface area (Å²) in [6, 6.07) is 10.0. The fraction of sp³-hybridized carbons (Fsp3) is 0.444. The van der Waals surface area contributed by atoms with Crippen molar-refractivity contribution in [2.75, 3.05) is 5.75 Å². The first-order chi connectivity index (χ1) is 11.1. The minimum atomic E-state index is 0.0164. The van der Waals surface area contributed by atoms with Crippen LogP contribution in [0.5, 0.6) is 0 Å². The number of hydrogen-bond donors (Lipinski definition) is 2. The molecule has 5 heteroatoms.